The third-order valence-corrected chi connectivity index (χ3v) is 2.67. The summed E-state index contributed by atoms with van der Waals surface area (Å²) in [6.45, 7) is 0. The summed E-state index contributed by atoms with van der Waals surface area (Å²) in [5.74, 6) is 0. The van der Waals surface area contributed by atoms with Crippen molar-refractivity contribution in [1.82, 2.24) is 4.98 Å². The Hall–Kier alpha value is -1.50. The van der Waals surface area contributed by atoms with Crippen molar-refractivity contribution in [2.75, 3.05) is 0 Å². The number of allylic oxidation sites excluding steroid dienone is 3. The molecular formula is C12H11N. The predicted molar refractivity (Wildman–Crippen MR) is 55.5 cm³/mol. The van der Waals surface area contributed by atoms with Crippen LogP contribution >= 0.6 is 0 Å². The lowest BCUT2D eigenvalue weighted by Crippen LogP contribution is -2.12. The van der Waals surface area contributed by atoms with Crippen LogP contribution in [0.15, 0.2) is 18.2 Å². The molecule has 0 amide bonds. The van der Waals surface area contributed by atoms with E-state index in [1.165, 1.54) is 21.8 Å². The minimum atomic E-state index is 1.06. The number of hydrogen-bond acceptors (Lipinski definition) is 0. The van der Waals surface area contributed by atoms with E-state index in [2.05, 4.69) is 41.4 Å². The van der Waals surface area contributed by atoms with Crippen molar-refractivity contribution in [1.29, 1.82) is 0 Å². The second-order valence-electron chi connectivity index (χ2n) is 3.49. The van der Waals surface area contributed by atoms with Gasteiger partial charge in [-0.15, -0.1) is 0 Å². The van der Waals surface area contributed by atoms with E-state index in [1.807, 2.05) is 0 Å². The summed E-state index contributed by atoms with van der Waals surface area (Å²) < 4.78 is 0. The lowest BCUT2D eigenvalue weighted by atomic mass is 10.0. The molecule has 0 saturated heterocycles. The molecule has 0 atom stereocenters. The van der Waals surface area contributed by atoms with Gasteiger partial charge >= 0.3 is 0 Å². The molecule has 1 nitrogen and oxygen atoms in total. The summed E-state index contributed by atoms with van der Waals surface area (Å²) in [7, 11) is 0. The Morgan fingerprint density at radius 3 is 3.15 bits per heavy atom. The number of hydrogen-bond donors (Lipinski definition) is 1. The van der Waals surface area contributed by atoms with Crippen molar-refractivity contribution in [3.63, 3.8) is 0 Å². The second-order valence-corrected chi connectivity index (χ2v) is 3.49. The van der Waals surface area contributed by atoms with E-state index in [-0.39, 0.29) is 0 Å². The maximum atomic E-state index is 3.44. The van der Waals surface area contributed by atoms with Crippen LogP contribution in [0.1, 0.15) is 17.5 Å². The third-order valence-electron chi connectivity index (χ3n) is 2.67. The quantitative estimate of drug-likeness (QED) is 0.598. The standard InChI is InChI=1S/C12H11N/c1-3-7-11-9(5-1)10-6-2-4-8-12(10)13-11/h1-3,6-8,13H,4-5H2. The molecule has 0 bridgehead atoms. The van der Waals surface area contributed by atoms with Gasteiger partial charge in [-0.05, 0) is 24.5 Å². The highest BCUT2D eigenvalue weighted by molar-refractivity contribution is 5.62. The molecule has 1 N–H and O–H groups in total. The van der Waals surface area contributed by atoms with Gasteiger partial charge in [0, 0.05) is 16.3 Å². The van der Waals surface area contributed by atoms with Crippen LogP contribution in [0.4, 0.5) is 0 Å². The Morgan fingerprint density at radius 2 is 2.15 bits per heavy atom. The van der Waals surface area contributed by atoms with Crippen LogP contribution in [0.25, 0.3) is 18.2 Å². The first kappa shape index (κ1) is 6.96. The largest absolute Gasteiger partial charge is 0.355 e. The van der Waals surface area contributed by atoms with Crippen LogP contribution in [-0.4, -0.2) is 4.98 Å². The highest BCUT2D eigenvalue weighted by atomic mass is 14.7. The molecule has 1 aromatic heterocycles. The molecule has 2 aliphatic rings. The minimum absolute atomic E-state index is 1.06. The lowest BCUT2D eigenvalue weighted by Gasteiger charge is -2.00. The van der Waals surface area contributed by atoms with Gasteiger partial charge in [0.1, 0.15) is 0 Å². The molecule has 3 rings (SSSR count). The van der Waals surface area contributed by atoms with Crippen LogP contribution < -0.4 is 10.7 Å². The molecule has 2 aliphatic carbocycles. The normalized spacial score (nSPS) is 17.2. The van der Waals surface area contributed by atoms with Crippen molar-refractivity contribution < 1.29 is 0 Å². The average Bonchev–Trinajstić information content (AvgIpc) is 2.56. The monoisotopic (exact) mass is 169 g/mol. The molecule has 13 heavy (non-hydrogen) atoms. The molecule has 1 heterocycles. The van der Waals surface area contributed by atoms with Gasteiger partial charge in [0.25, 0.3) is 0 Å². The van der Waals surface area contributed by atoms with Crippen LogP contribution in [0.3, 0.4) is 0 Å². The first-order valence-corrected chi connectivity index (χ1v) is 4.69. The SMILES string of the molecule is C1=CCc2c3c([nH]c2=C1)=CCC=C3. The van der Waals surface area contributed by atoms with Crippen molar-refractivity contribution in [2.45, 2.75) is 12.8 Å². The molecule has 0 aromatic carbocycles. The summed E-state index contributed by atoms with van der Waals surface area (Å²) in [4.78, 5) is 3.44. The zero-order valence-electron chi connectivity index (χ0n) is 7.38. The van der Waals surface area contributed by atoms with Crippen LogP contribution in [-0.2, 0) is 6.42 Å². The topological polar surface area (TPSA) is 15.8 Å². The Bertz CT molecular complexity index is 512. The summed E-state index contributed by atoms with van der Waals surface area (Å²) in [5.41, 5.74) is 2.84. The zero-order chi connectivity index (χ0) is 8.67. The van der Waals surface area contributed by atoms with E-state index in [9.17, 15) is 0 Å². The Balaban J connectivity index is 2.43. The van der Waals surface area contributed by atoms with Crippen molar-refractivity contribution in [3.8, 4) is 0 Å². The molecule has 64 valence electrons. The van der Waals surface area contributed by atoms with E-state index < -0.39 is 0 Å². The van der Waals surface area contributed by atoms with Crippen molar-refractivity contribution in [2.24, 2.45) is 0 Å². The number of fused-ring (bicyclic) bond motifs is 3. The molecule has 0 fully saturated rings. The second kappa shape index (κ2) is 2.49. The fraction of sp³-hybridized carbons (Fsp3) is 0.167. The van der Waals surface area contributed by atoms with Crippen molar-refractivity contribution >= 4 is 18.2 Å². The fourth-order valence-electron chi connectivity index (χ4n) is 2.03. The minimum Gasteiger partial charge on any atom is -0.355 e. The summed E-state index contributed by atoms with van der Waals surface area (Å²) in [5, 5.41) is 2.59. The van der Waals surface area contributed by atoms with Gasteiger partial charge < -0.3 is 4.98 Å². The number of H-pyrrole nitrogens is 1. The maximum Gasteiger partial charge on any atom is 0.0426 e. The zero-order valence-corrected chi connectivity index (χ0v) is 7.38. The fourth-order valence-corrected chi connectivity index (χ4v) is 2.03. The lowest BCUT2D eigenvalue weighted by molar-refractivity contribution is 1.19. The highest BCUT2D eigenvalue weighted by Crippen LogP contribution is 2.09. The first-order valence-electron chi connectivity index (χ1n) is 4.69. The Kier molecular flexibility index (Phi) is 1.33. The van der Waals surface area contributed by atoms with Gasteiger partial charge in [0.15, 0.2) is 0 Å². The van der Waals surface area contributed by atoms with E-state index in [1.54, 1.807) is 0 Å². The predicted octanol–water partition coefficient (Wildman–Crippen LogP) is 1.10. The van der Waals surface area contributed by atoms with E-state index in [0.717, 1.165) is 12.8 Å². The Labute approximate surface area is 76.8 Å². The number of aromatic nitrogens is 1. The number of aromatic amines is 1. The maximum absolute atomic E-state index is 3.44. The van der Waals surface area contributed by atoms with Crippen molar-refractivity contribution in [3.05, 3.63) is 40.1 Å². The Morgan fingerprint density at radius 1 is 1.15 bits per heavy atom. The van der Waals surface area contributed by atoms with E-state index >= 15 is 0 Å². The van der Waals surface area contributed by atoms with Crippen LogP contribution in [0.5, 0.6) is 0 Å². The van der Waals surface area contributed by atoms with Gasteiger partial charge in [-0.2, -0.15) is 0 Å². The van der Waals surface area contributed by atoms with Gasteiger partial charge in [-0.3, -0.25) is 0 Å². The van der Waals surface area contributed by atoms with Crippen LogP contribution in [0, 0.1) is 0 Å². The summed E-state index contributed by atoms with van der Waals surface area (Å²) in [6.07, 6.45) is 15.3. The highest BCUT2D eigenvalue weighted by Gasteiger charge is 2.08. The molecule has 1 aromatic rings. The van der Waals surface area contributed by atoms with Gasteiger partial charge in [0.05, 0.1) is 0 Å². The van der Waals surface area contributed by atoms with Crippen LogP contribution in [0.2, 0.25) is 0 Å². The summed E-state index contributed by atoms with van der Waals surface area (Å²) in [6, 6.07) is 0. The molecule has 0 saturated carbocycles. The number of rotatable bonds is 0. The first-order chi connectivity index (χ1) is 6.45. The van der Waals surface area contributed by atoms with Gasteiger partial charge in [-0.1, -0.05) is 30.4 Å². The summed E-state index contributed by atoms with van der Waals surface area (Å²) >= 11 is 0. The smallest absolute Gasteiger partial charge is 0.0426 e. The molecular weight excluding hydrogens is 158 g/mol. The van der Waals surface area contributed by atoms with Gasteiger partial charge in [0.2, 0.25) is 0 Å². The molecule has 1 heteroatoms. The van der Waals surface area contributed by atoms with E-state index in [0.29, 0.717) is 0 Å². The van der Waals surface area contributed by atoms with E-state index in [4.69, 9.17) is 0 Å². The average molecular weight is 169 g/mol. The number of nitrogens with one attached hydrogen (secondary N) is 1. The molecule has 0 aliphatic heterocycles. The third kappa shape index (κ3) is 0.934. The van der Waals surface area contributed by atoms with Gasteiger partial charge in [-0.25, -0.2) is 0 Å². The molecule has 0 spiro atoms. The molecule has 0 radical (unpaired) electrons. The molecule has 0 unspecified atom stereocenters.